The molecular formula is C31H41Cl2N3O. The first kappa shape index (κ1) is 27.0. The molecule has 0 N–H and O–H groups in total. The maximum Gasteiger partial charge on any atom is 0.253 e. The lowest BCUT2D eigenvalue weighted by atomic mass is 9.80. The highest BCUT2D eigenvalue weighted by molar-refractivity contribution is 6.36. The quantitative estimate of drug-likeness (QED) is 0.385. The van der Waals surface area contributed by atoms with Gasteiger partial charge in [-0.2, -0.15) is 0 Å². The van der Waals surface area contributed by atoms with E-state index >= 15 is 0 Å². The molecule has 2 aromatic rings. The van der Waals surface area contributed by atoms with Crippen molar-refractivity contribution in [3.8, 4) is 11.1 Å². The summed E-state index contributed by atoms with van der Waals surface area (Å²) in [6.07, 6.45) is 8.35. The van der Waals surface area contributed by atoms with Crippen LogP contribution in [0.25, 0.3) is 11.1 Å². The third-order valence-electron chi connectivity index (χ3n) is 8.95. The number of carbonyl (C=O) groups is 1. The lowest BCUT2D eigenvalue weighted by Crippen LogP contribution is -2.50. The number of piperazine rings is 1. The van der Waals surface area contributed by atoms with Crippen molar-refractivity contribution in [2.45, 2.75) is 65.0 Å². The number of carbonyl (C=O) groups excluding carboxylic acids is 1. The first-order chi connectivity index (χ1) is 17.9. The van der Waals surface area contributed by atoms with E-state index < -0.39 is 0 Å². The molecule has 1 unspecified atom stereocenters. The van der Waals surface area contributed by atoms with Gasteiger partial charge in [-0.3, -0.25) is 14.6 Å². The van der Waals surface area contributed by atoms with Crippen LogP contribution in [0, 0.1) is 11.8 Å². The molecule has 3 aliphatic rings. The van der Waals surface area contributed by atoms with Gasteiger partial charge < -0.3 is 4.90 Å². The highest BCUT2D eigenvalue weighted by atomic mass is 35.5. The van der Waals surface area contributed by atoms with E-state index in [1.54, 1.807) is 0 Å². The molecular weight excluding hydrogens is 501 g/mol. The normalized spacial score (nSPS) is 22.2. The molecule has 2 aromatic carbocycles. The molecule has 2 heterocycles. The summed E-state index contributed by atoms with van der Waals surface area (Å²) < 4.78 is 0. The van der Waals surface area contributed by atoms with E-state index in [4.69, 9.17) is 23.2 Å². The van der Waals surface area contributed by atoms with Crippen LogP contribution < -0.4 is 0 Å². The highest BCUT2D eigenvalue weighted by Crippen LogP contribution is 2.37. The van der Waals surface area contributed by atoms with Gasteiger partial charge in [0.2, 0.25) is 0 Å². The molecule has 2 aliphatic heterocycles. The number of nitrogens with zero attached hydrogens (tertiary/aromatic N) is 3. The second kappa shape index (κ2) is 12.1. The third kappa shape index (κ3) is 6.36. The number of hydrogen-bond acceptors (Lipinski definition) is 3. The molecule has 2 saturated heterocycles. The van der Waals surface area contributed by atoms with Gasteiger partial charge in [0, 0.05) is 66.5 Å². The zero-order valence-corrected chi connectivity index (χ0v) is 23.9. The Morgan fingerprint density at radius 2 is 1.49 bits per heavy atom. The molecule has 1 saturated carbocycles. The molecule has 1 atom stereocenters. The van der Waals surface area contributed by atoms with Gasteiger partial charge >= 0.3 is 0 Å². The fourth-order valence-corrected chi connectivity index (χ4v) is 7.18. The van der Waals surface area contributed by atoms with E-state index in [0.717, 1.165) is 83.4 Å². The Morgan fingerprint density at radius 1 is 0.838 bits per heavy atom. The fraction of sp³-hybridized carbons (Fsp3) is 0.581. The molecule has 37 heavy (non-hydrogen) atoms. The zero-order chi connectivity index (χ0) is 25.9. The summed E-state index contributed by atoms with van der Waals surface area (Å²) in [5.74, 6) is 1.85. The van der Waals surface area contributed by atoms with E-state index in [1.165, 1.54) is 45.1 Å². The molecule has 0 aromatic heterocycles. The summed E-state index contributed by atoms with van der Waals surface area (Å²) in [5, 5.41) is 1.46. The lowest BCUT2D eigenvalue weighted by Gasteiger charge is -2.37. The molecule has 0 bridgehead atoms. The molecule has 1 aliphatic carbocycles. The number of hydrogen-bond donors (Lipinski definition) is 0. The fourth-order valence-electron chi connectivity index (χ4n) is 6.57. The zero-order valence-electron chi connectivity index (χ0n) is 22.4. The topological polar surface area (TPSA) is 26.8 Å². The molecule has 4 nitrogen and oxygen atoms in total. The summed E-state index contributed by atoms with van der Waals surface area (Å²) in [4.78, 5) is 19.9. The van der Waals surface area contributed by atoms with Crippen LogP contribution in [-0.2, 0) is 6.54 Å². The van der Waals surface area contributed by atoms with E-state index in [0.29, 0.717) is 6.04 Å². The van der Waals surface area contributed by atoms with Crippen LogP contribution in [-0.4, -0.2) is 65.9 Å². The van der Waals surface area contributed by atoms with Gasteiger partial charge in [0.05, 0.1) is 0 Å². The van der Waals surface area contributed by atoms with Gasteiger partial charge in [-0.15, -0.1) is 0 Å². The second-order valence-corrected chi connectivity index (χ2v) is 12.4. The molecule has 5 rings (SSSR count). The number of halogens is 2. The number of likely N-dealkylation sites (tertiary alicyclic amines) is 1. The first-order valence-corrected chi connectivity index (χ1v) is 15.0. The summed E-state index contributed by atoms with van der Waals surface area (Å²) >= 11 is 13.6. The van der Waals surface area contributed by atoms with Crippen molar-refractivity contribution in [1.29, 1.82) is 0 Å². The molecule has 6 heteroatoms. The van der Waals surface area contributed by atoms with E-state index in [2.05, 4.69) is 23.6 Å². The highest BCUT2D eigenvalue weighted by Gasteiger charge is 2.31. The van der Waals surface area contributed by atoms with Crippen molar-refractivity contribution in [2.75, 3.05) is 39.3 Å². The van der Waals surface area contributed by atoms with Gasteiger partial charge in [0.25, 0.3) is 5.91 Å². The average Bonchev–Trinajstić information content (AvgIpc) is 3.40. The lowest BCUT2D eigenvalue weighted by molar-refractivity contribution is 0.0595. The molecule has 1 amide bonds. The van der Waals surface area contributed by atoms with Crippen LogP contribution in [0.4, 0.5) is 0 Å². The monoisotopic (exact) mass is 541 g/mol. The van der Waals surface area contributed by atoms with Crippen LogP contribution in [0.2, 0.25) is 10.0 Å². The van der Waals surface area contributed by atoms with Crippen molar-refractivity contribution < 1.29 is 4.79 Å². The van der Waals surface area contributed by atoms with Crippen molar-refractivity contribution in [1.82, 2.24) is 14.7 Å². The number of rotatable bonds is 6. The van der Waals surface area contributed by atoms with Crippen LogP contribution in [0.15, 0.2) is 36.4 Å². The van der Waals surface area contributed by atoms with Crippen LogP contribution in [0.1, 0.15) is 68.3 Å². The Morgan fingerprint density at radius 3 is 2.11 bits per heavy atom. The largest absolute Gasteiger partial charge is 0.336 e. The summed E-state index contributed by atoms with van der Waals surface area (Å²) in [6, 6.07) is 12.5. The van der Waals surface area contributed by atoms with Crippen LogP contribution >= 0.6 is 23.2 Å². The van der Waals surface area contributed by atoms with E-state index in [9.17, 15) is 4.79 Å². The van der Waals surface area contributed by atoms with Crippen molar-refractivity contribution in [3.63, 3.8) is 0 Å². The van der Waals surface area contributed by atoms with Gasteiger partial charge in [0.15, 0.2) is 0 Å². The predicted octanol–water partition coefficient (Wildman–Crippen LogP) is 7.23. The van der Waals surface area contributed by atoms with E-state index in [-0.39, 0.29) is 5.91 Å². The maximum atomic E-state index is 13.0. The van der Waals surface area contributed by atoms with Gasteiger partial charge in [-0.05, 0) is 74.0 Å². The number of amides is 1. The van der Waals surface area contributed by atoms with Gasteiger partial charge in [0.1, 0.15) is 0 Å². The predicted molar refractivity (Wildman–Crippen MR) is 154 cm³/mol. The minimum Gasteiger partial charge on any atom is -0.336 e. The summed E-state index contributed by atoms with van der Waals surface area (Å²) in [6.45, 7) is 11.0. The second-order valence-electron chi connectivity index (χ2n) is 11.6. The average molecular weight is 543 g/mol. The maximum absolute atomic E-state index is 13.0. The van der Waals surface area contributed by atoms with Gasteiger partial charge in [-0.1, -0.05) is 67.4 Å². The summed E-state index contributed by atoms with van der Waals surface area (Å²) in [7, 11) is 0. The summed E-state index contributed by atoms with van der Waals surface area (Å²) in [5.41, 5.74) is 3.78. The Bertz CT molecular complexity index is 1050. The molecule has 200 valence electrons. The Labute approximate surface area is 232 Å². The Kier molecular flexibility index (Phi) is 8.81. The van der Waals surface area contributed by atoms with Gasteiger partial charge in [-0.25, -0.2) is 0 Å². The minimum atomic E-state index is 0.110. The van der Waals surface area contributed by atoms with Crippen molar-refractivity contribution >= 4 is 29.1 Å². The molecule has 3 fully saturated rings. The van der Waals surface area contributed by atoms with Crippen LogP contribution in [0.5, 0.6) is 0 Å². The van der Waals surface area contributed by atoms with Crippen molar-refractivity contribution in [2.24, 2.45) is 11.8 Å². The van der Waals surface area contributed by atoms with Crippen LogP contribution in [0.3, 0.4) is 0 Å². The number of benzene rings is 2. The molecule has 0 radical (unpaired) electrons. The Hall–Kier alpha value is -1.59. The SMILES string of the molecule is CC(C)N1CCN(C(=O)c2ccc(-c3cc(Cl)c(CN4CCC(C5CCCCC5)C4)c(Cl)c3)cc2)CC1. The van der Waals surface area contributed by atoms with E-state index in [1.807, 2.05) is 41.3 Å². The van der Waals surface area contributed by atoms with Crippen molar-refractivity contribution in [3.05, 3.63) is 57.6 Å². The first-order valence-electron chi connectivity index (χ1n) is 14.2. The minimum absolute atomic E-state index is 0.110. The molecule has 0 spiro atoms. The standard InChI is InChI=1S/C31H41Cl2N3O/c1-22(2)35-14-16-36(17-15-35)31(37)25-10-8-24(9-11-25)27-18-29(32)28(30(33)19-27)21-34-13-12-26(20-34)23-6-4-3-5-7-23/h8-11,18-19,22-23,26H,3-7,12-17,20-21H2,1-2H3. The smallest absolute Gasteiger partial charge is 0.253 e. The third-order valence-corrected chi connectivity index (χ3v) is 9.62. The Balaban J connectivity index is 1.21.